The second-order valence-corrected chi connectivity index (χ2v) is 5.72. The zero-order valence-electron chi connectivity index (χ0n) is 10.4. The standard InChI is InChI=1S/C15H11BrClFO2/c16-15(9-3-1-2-4-12(9)18)10-7-13-14(8-11(10)17)20-6-5-19-13/h1-4,7-8,15H,5-6H2. The number of ether oxygens (including phenoxy) is 2. The molecule has 0 spiro atoms. The third kappa shape index (κ3) is 2.50. The average molecular weight is 358 g/mol. The molecule has 0 aromatic heterocycles. The minimum absolute atomic E-state index is 0.277. The molecule has 0 N–H and O–H groups in total. The van der Waals surface area contributed by atoms with Gasteiger partial charge in [-0.15, -0.1) is 0 Å². The molecule has 0 fully saturated rings. The van der Waals surface area contributed by atoms with Crippen molar-refractivity contribution in [2.24, 2.45) is 0 Å². The summed E-state index contributed by atoms with van der Waals surface area (Å²) >= 11 is 9.77. The lowest BCUT2D eigenvalue weighted by Gasteiger charge is -2.21. The lowest BCUT2D eigenvalue weighted by molar-refractivity contribution is 0.171. The maximum Gasteiger partial charge on any atom is 0.162 e. The Morgan fingerprint density at radius 3 is 2.40 bits per heavy atom. The van der Waals surface area contributed by atoms with Crippen LogP contribution in [0, 0.1) is 5.82 Å². The molecule has 1 heterocycles. The van der Waals surface area contributed by atoms with E-state index in [-0.39, 0.29) is 10.6 Å². The highest BCUT2D eigenvalue weighted by atomic mass is 79.9. The molecule has 2 aromatic carbocycles. The highest BCUT2D eigenvalue weighted by Crippen LogP contribution is 2.42. The zero-order valence-corrected chi connectivity index (χ0v) is 12.7. The van der Waals surface area contributed by atoms with E-state index in [1.807, 2.05) is 0 Å². The number of hydrogen-bond acceptors (Lipinski definition) is 2. The van der Waals surface area contributed by atoms with Gasteiger partial charge < -0.3 is 9.47 Å². The van der Waals surface area contributed by atoms with E-state index in [1.54, 1.807) is 30.3 Å². The molecule has 1 unspecified atom stereocenters. The van der Waals surface area contributed by atoms with Gasteiger partial charge >= 0.3 is 0 Å². The number of fused-ring (bicyclic) bond motifs is 1. The second kappa shape index (κ2) is 5.62. The summed E-state index contributed by atoms with van der Waals surface area (Å²) in [4.78, 5) is -0.341. The molecule has 0 amide bonds. The number of hydrogen-bond donors (Lipinski definition) is 0. The lowest BCUT2D eigenvalue weighted by Crippen LogP contribution is -2.15. The fraction of sp³-hybridized carbons (Fsp3) is 0.200. The van der Waals surface area contributed by atoms with Crippen LogP contribution >= 0.6 is 27.5 Å². The Hall–Kier alpha value is -1.26. The van der Waals surface area contributed by atoms with E-state index in [2.05, 4.69) is 15.9 Å². The molecule has 1 atom stereocenters. The first-order valence-corrected chi connectivity index (χ1v) is 7.43. The van der Waals surface area contributed by atoms with Crippen LogP contribution in [0.5, 0.6) is 11.5 Å². The van der Waals surface area contributed by atoms with Crippen molar-refractivity contribution in [3.8, 4) is 11.5 Å². The zero-order chi connectivity index (χ0) is 14.1. The third-order valence-corrected chi connectivity index (χ3v) is 4.43. The van der Waals surface area contributed by atoms with Crippen molar-refractivity contribution in [2.75, 3.05) is 13.2 Å². The minimum Gasteiger partial charge on any atom is -0.486 e. The molecule has 0 aliphatic carbocycles. The summed E-state index contributed by atoms with van der Waals surface area (Å²) in [6.45, 7) is 1.01. The van der Waals surface area contributed by atoms with Crippen molar-refractivity contribution in [1.82, 2.24) is 0 Å². The van der Waals surface area contributed by atoms with Crippen LogP contribution in [0.25, 0.3) is 0 Å². The van der Waals surface area contributed by atoms with Gasteiger partial charge in [0, 0.05) is 16.7 Å². The van der Waals surface area contributed by atoms with E-state index in [0.29, 0.717) is 35.3 Å². The predicted octanol–water partition coefficient (Wildman–Crippen LogP) is 4.73. The van der Waals surface area contributed by atoms with Crippen LogP contribution < -0.4 is 9.47 Å². The SMILES string of the molecule is Fc1ccccc1C(Br)c1cc2c(cc1Cl)OCCO2. The Morgan fingerprint density at radius 1 is 1.05 bits per heavy atom. The first-order valence-electron chi connectivity index (χ1n) is 6.14. The number of rotatable bonds is 2. The van der Waals surface area contributed by atoms with Gasteiger partial charge in [0.15, 0.2) is 11.5 Å². The molecule has 0 radical (unpaired) electrons. The molecule has 5 heteroatoms. The largest absolute Gasteiger partial charge is 0.486 e. The van der Waals surface area contributed by atoms with Crippen molar-refractivity contribution in [1.29, 1.82) is 0 Å². The highest BCUT2D eigenvalue weighted by molar-refractivity contribution is 9.09. The fourth-order valence-corrected chi connectivity index (χ4v) is 3.27. The van der Waals surface area contributed by atoms with E-state index < -0.39 is 0 Å². The summed E-state index contributed by atoms with van der Waals surface area (Å²) < 4.78 is 24.9. The van der Waals surface area contributed by atoms with Gasteiger partial charge in [0.25, 0.3) is 0 Å². The third-order valence-electron chi connectivity index (χ3n) is 3.11. The van der Waals surface area contributed by atoms with E-state index in [1.165, 1.54) is 6.07 Å². The van der Waals surface area contributed by atoms with Gasteiger partial charge in [-0.2, -0.15) is 0 Å². The van der Waals surface area contributed by atoms with Crippen LogP contribution in [0.1, 0.15) is 16.0 Å². The van der Waals surface area contributed by atoms with Crippen molar-refractivity contribution < 1.29 is 13.9 Å². The summed E-state index contributed by atoms with van der Waals surface area (Å²) in [6, 6.07) is 10.1. The van der Waals surface area contributed by atoms with Crippen LogP contribution in [-0.4, -0.2) is 13.2 Å². The number of halogens is 3. The molecule has 2 aromatic rings. The monoisotopic (exact) mass is 356 g/mol. The van der Waals surface area contributed by atoms with Crippen molar-refractivity contribution in [3.05, 3.63) is 58.4 Å². The molecule has 0 saturated heterocycles. The van der Waals surface area contributed by atoms with Crippen LogP contribution in [-0.2, 0) is 0 Å². The van der Waals surface area contributed by atoms with Crippen LogP contribution in [0.4, 0.5) is 4.39 Å². The van der Waals surface area contributed by atoms with Gasteiger partial charge in [0.2, 0.25) is 0 Å². The smallest absolute Gasteiger partial charge is 0.162 e. The summed E-state index contributed by atoms with van der Waals surface area (Å²) in [6.07, 6.45) is 0. The lowest BCUT2D eigenvalue weighted by atomic mass is 10.0. The van der Waals surface area contributed by atoms with Gasteiger partial charge in [-0.1, -0.05) is 45.7 Å². The molecular weight excluding hydrogens is 347 g/mol. The molecule has 20 heavy (non-hydrogen) atoms. The molecule has 0 bridgehead atoms. The summed E-state index contributed by atoms with van der Waals surface area (Å²) in [5, 5.41) is 0.513. The maximum absolute atomic E-state index is 13.9. The average Bonchev–Trinajstić information content (AvgIpc) is 2.46. The highest BCUT2D eigenvalue weighted by Gasteiger charge is 2.21. The van der Waals surface area contributed by atoms with E-state index in [0.717, 1.165) is 5.56 Å². The Bertz CT molecular complexity index is 648. The van der Waals surface area contributed by atoms with Gasteiger partial charge in [0.05, 0.1) is 4.83 Å². The predicted molar refractivity (Wildman–Crippen MR) is 79.6 cm³/mol. The van der Waals surface area contributed by atoms with Gasteiger partial charge in [-0.3, -0.25) is 0 Å². The van der Waals surface area contributed by atoms with Crippen LogP contribution in [0.15, 0.2) is 36.4 Å². The van der Waals surface area contributed by atoms with E-state index >= 15 is 0 Å². The number of alkyl halides is 1. The van der Waals surface area contributed by atoms with Crippen molar-refractivity contribution in [3.63, 3.8) is 0 Å². The Labute approximate surface area is 129 Å². The second-order valence-electron chi connectivity index (χ2n) is 4.40. The summed E-state index contributed by atoms with van der Waals surface area (Å²) in [5.41, 5.74) is 1.28. The quantitative estimate of drug-likeness (QED) is 0.723. The molecule has 1 aliphatic heterocycles. The van der Waals surface area contributed by atoms with Gasteiger partial charge in [-0.25, -0.2) is 4.39 Å². The van der Waals surface area contributed by atoms with Gasteiger partial charge in [-0.05, 0) is 17.7 Å². The summed E-state index contributed by atoms with van der Waals surface area (Å²) in [5.74, 6) is 0.981. The number of benzene rings is 2. The topological polar surface area (TPSA) is 18.5 Å². The maximum atomic E-state index is 13.9. The first-order chi connectivity index (χ1) is 9.66. The molecule has 0 saturated carbocycles. The van der Waals surface area contributed by atoms with Crippen LogP contribution in [0.2, 0.25) is 5.02 Å². The Balaban J connectivity index is 2.03. The van der Waals surface area contributed by atoms with Crippen molar-refractivity contribution in [2.45, 2.75) is 4.83 Å². The van der Waals surface area contributed by atoms with E-state index in [4.69, 9.17) is 21.1 Å². The molecule has 1 aliphatic rings. The van der Waals surface area contributed by atoms with Crippen molar-refractivity contribution >= 4 is 27.5 Å². The van der Waals surface area contributed by atoms with E-state index in [9.17, 15) is 4.39 Å². The fourth-order valence-electron chi connectivity index (χ4n) is 2.12. The molecular formula is C15H11BrClFO2. The minimum atomic E-state index is -0.341. The Kier molecular flexibility index (Phi) is 3.85. The Morgan fingerprint density at radius 2 is 1.70 bits per heavy atom. The summed E-state index contributed by atoms with van der Waals surface area (Å²) in [7, 11) is 0. The van der Waals surface area contributed by atoms with Crippen LogP contribution in [0.3, 0.4) is 0 Å². The molecule has 104 valence electrons. The van der Waals surface area contributed by atoms with Gasteiger partial charge in [0.1, 0.15) is 19.0 Å². The normalized spacial score (nSPS) is 14.9. The molecule has 2 nitrogen and oxygen atoms in total. The molecule has 3 rings (SSSR count). The first kappa shape index (κ1) is 13.7.